The van der Waals surface area contributed by atoms with E-state index in [0.29, 0.717) is 5.02 Å². The second-order valence-corrected chi connectivity index (χ2v) is 7.42. The third kappa shape index (κ3) is 5.35. The number of esters is 1. The summed E-state index contributed by atoms with van der Waals surface area (Å²) >= 11 is 6.05. The summed E-state index contributed by atoms with van der Waals surface area (Å²) in [7, 11) is 0. The fourth-order valence-electron chi connectivity index (χ4n) is 3.32. The quantitative estimate of drug-likeness (QED) is 0.706. The van der Waals surface area contributed by atoms with Gasteiger partial charge in [0.2, 0.25) is 5.91 Å². The van der Waals surface area contributed by atoms with E-state index in [0.717, 1.165) is 11.1 Å². The van der Waals surface area contributed by atoms with E-state index in [9.17, 15) is 14.4 Å². The van der Waals surface area contributed by atoms with E-state index < -0.39 is 17.8 Å². The summed E-state index contributed by atoms with van der Waals surface area (Å²) in [6.07, 6.45) is 0.0945. The highest BCUT2D eigenvalue weighted by molar-refractivity contribution is 6.31. The van der Waals surface area contributed by atoms with Crippen LogP contribution in [0.2, 0.25) is 5.02 Å². The van der Waals surface area contributed by atoms with Gasteiger partial charge in [-0.2, -0.15) is 0 Å². The lowest BCUT2D eigenvalue weighted by molar-refractivity contribution is -0.152. The highest BCUT2D eigenvalue weighted by Crippen LogP contribution is 2.28. The van der Waals surface area contributed by atoms with E-state index in [1.54, 1.807) is 23.1 Å². The van der Waals surface area contributed by atoms with Crippen molar-refractivity contribution >= 4 is 29.4 Å². The molecule has 1 aliphatic heterocycles. The van der Waals surface area contributed by atoms with E-state index in [1.165, 1.54) is 0 Å². The number of likely N-dealkylation sites (tertiary alicyclic amines) is 1. The lowest BCUT2D eigenvalue weighted by atomic mass is 10.1. The molecule has 3 rings (SSSR count). The zero-order chi connectivity index (χ0) is 20.8. The van der Waals surface area contributed by atoms with Crippen LogP contribution < -0.4 is 5.32 Å². The molecule has 0 saturated carbocycles. The maximum Gasteiger partial charge on any atom is 0.311 e. The monoisotopic (exact) mass is 414 g/mol. The molecule has 7 heteroatoms. The van der Waals surface area contributed by atoms with Crippen molar-refractivity contribution in [1.29, 1.82) is 0 Å². The summed E-state index contributed by atoms with van der Waals surface area (Å²) in [5.41, 5.74) is 1.79. The molecule has 29 heavy (non-hydrogen) atoms. The van der Waals surface area contributed by atoms with Crippen LogP contribution in [0.4, 0.5) is 0 Å². The predicted octanol–water partition coefficient (Wildman–Crippen LogP) is 3.11. The van der Waals surface area contributed by atoms with Crippen LogP contribution in [0.1, 0.15) is 30.5 Å². The van der Waals surface area contributed by atoms with Crippen molar-refractivity contribution in [1.82, 2.24) is 10.2 Å². The van der Waals surface area contributed by atoms with E-state index in [-0.39, 0.29) is 38.1 Å². The molecule has 152 valence electrons. The SMILES string of the molecule is C[C@H](c1ccccc1)N1C[C@H](C(=O)OCC(=O)NCc2ccccc2Cl)CC1=O. The second-order valence-electron chi connectivity index (χ2n) is 7.01. The molecule has 6 nitrogen and oxygen atoms in total. The number of nitrogens with zero attached hydrogens (tertiary/aromatic N) is 1. The molecule has 2 amide bonds. The van der Waals surface area contributed by atoms with Crippen LogP contribution in [-0.2, 0) is 25.7 Å². The Morgan fingerprint density at radius 1 is 1.17 bits per heavy atom. The van der Waals surface area contributed by atoms with Crippen molar-refractivity contribution < 1.29 is 19.1 Å². The Bertz CT molecular complexity index is 887. The van der Waals surface area contributed by atoms with E-state index in [1.807, 2.05) is 43.3 Å². The molecule has 0 aliphatic carbocycles. The van der Waals surface area contributed by atoms with E-state index in [2.05, 4.69) is 5.32 Å². The number of carbonyl (C=O) groups is 3. The Hall–Kier alpha value is -2.86. The average molecular weight is 415 g/mol. The van der Waals surface area contributed by atoms with Gasteiger partial charge in [-0.05, 0) is 24.1 Å². The van der Waals surface area contributed by atoms with Crippen molar-refractivity contribution in [3.05, 3.63) is 70.7 Å². The summed E-state index contributed by atoms with van der Waals surface area (Å²) in [6.45, 7) is 2.08. The fourth-order valence-corrected chi connectivity index (χ4v) is 3.52. The van der Waals surface area contributed by atoms with Crippen LogP contribution in [0, 0.1) is 5.92 Å². The van der Waals surface area contributed by atoms with Crippen LogP contribution >= 0.6 is 11.6 Å². The van der Waals surface area contributed by atoms with E-state index in [4.69, 9.17) is 16.3 Å². The van der Waals surface area contributed by atoms with Gasteiger partial charge in [0.05, 0.1) is 12.0 Å². The number of amides is 2. The molecule has 0 aromatic heterocycles. The van der Waals surface area contributed by atoms with Gasteiger partial charge in [-0.15, -0.1) is 0 Å². The predicted molar refractivity (Wildman–Crippen MR) is 109 cm³/mol. The molecule has 0 unspecified atom stereocenters. The standard InChI is InChI=1S/C22H23ClN2O4/c1-15(16-7-3-2-4-8-16)25-13-18(11-21(25)27)22(28)29-14-20(26)24-12-17-9-5-6-10-19(17)23/h2-10,15,18H,11-14H2,1H3,(H,24,26)/t15-,18-/m1/s1. The maximum absolute atomic E-state index is 12.4. The minimum Gasteiger partial charge on any atom is -0.455 e. The molecule has 2 aromatic rings. The number of hydrogen-bond acceptors (Lipinski definition) is 4. The highest BCUT2D eigenvalue weighted by atomic mass is 35.5. The van der Waals surface area contributed by atoms with Crippen molar-refractivity contribution in [3.8, 4) is 0 Å². The molecule has 1 saturated heterocycles. The number of carbonyl (C=O) groups excluding carboxylic acids is 3. The van der Waals surface area contributed by atoms with Crippen LogP contribution in [0.25, 0.3) is 0 Å². The highest BCUT2D eigenvalue weighted by Gasteiger charge is 2.38. The molecule has 1 aliphatic rings. The Balaban J connectivity index is 1.47. The summed E-state index contributed by atoms with van der Waals surface area (Å²) in [4.78, 5) is 38.3. The topological polar surface area (TPSA) is 75.7 Å². The van der Waals surface area contributed by atoms with Crippen LogP contribution in [0.3, 0.4) is 0 Å². The number of hydrogen-bond donors (Lipinski definition) is 1. The molecule has 2 atom stereocenters. The largest absolute Gasteiger partial charge is 0.455 e. The summed E-state index contributed by atoms with van der Waals surface area (Å²) in [5.74, 6) is -1.61. The first-order chi connectivity index (χ1) is 14.0. The fraction of sp³-hybridized carbons (Fsp3) is 0.318. The zero-order valence-electron chi connectivity index (χ0n) is 16.1. The molecule has 1 N–H and O–H groups in total. The number of halogens is 1. The minimum absolute atomic E-state index is 0.0912. The van der Waals surface area contributed by atoms with E-state index >= 15 is 0 Å². The van der Waals surface area contributed by atoms with Gasteiger partial charge in [0.1, 0.15) is 0 Å². The van der Waals surface area contributed by atoms with Gasteiger partial charge in [-0.3, -0.25) is 14.4 Å². The van der Waals surface area contributed by atoms with Crippen molar-refractivity contribution in [3.63, 3.8) is 0 Å². The first kappa shape index (κ1) is 20.9. The Kier molecular flexibility index (Phi) is 6.88. The van der Waals surface area contributed by atoms with Crippen molar-refractivity contribution in [2.45, 2.75) is 25.9 Å². The third-order valence-electron chi connectivity index (χ3n) is 5.02. The number of nitrogens with one attached hydrogen (secondary N) is 1. The minimum atomic E-state index is -0.565. The number of benzene rings is 2. The molecule has 1 fully saturated rings. The third-order valence-corrected chi connectivity index (χ3v) is 5.39. The molecular formula is C22H23ClN2O4. The Morgan fingerprint density at radius 2 is 1.86 bits per heavy atom. The number of ether oxygens (including phenoxy) is 1. The first-order valence-electron chi connectivity index (χ1n) is 9.47. The zero-order valence-corrected chi connectivity index (χ0v) is 16.9. The maximum atomic E-state index is 12.4. The van der Waals surface area contributed by atoms with Gasteiger partial charge in [0, 0.05) is 24.5 Å². The van der Waals surface area contributed by atoms with Gasteiger partial charge < -0.3 is 15.0 Å². The lowest BCUT2D eigenvalue weighted by Crippen LogP contribution is -2.32. The van der Waals surface area contributed by atoms with Gasteiger partial charge in [-0.1, -0.05) is 60.1 Å². The first-order valence-corrected chi connectivity index (χ1v) is 9.84. The molecule has 0 radical (unpaired) electrons. The Morgan fingerprint density at radius 3 is 2.59 bits per heavy atom. The van der Waals surface area contributed by atoms with Crippen molar-refractivity contribution in [2.75, 3.05) is 13.2 Å². The smallest absolute Gasteiger partial charge is 0.311 e. The van der Waals surface area contributed by atoms with Gasteiger partial charge in [-0.25, -0.2) is 0 Å². The lowest BCUT2D eigenvalue weighted by Gasteiger charge is -2.25. The molecule has 2 aromatic carbocycles. The number of rotatable bonds is 7. The molecular weight excluding hydrogens is 392 g/mol. The summed E-state index contributed by atoms with van der Waals surface area (Å²) in [6, 6.07) is 16.7. The van der Waals surface area contributed by atoms with Crippen molar-refractivity contribution in [2.24, 2.45) is 5.92 Å². The summed E-state index contributed by atoms with van der Waals surface area (Å²) < 4.78 is 5.13. The van der Waals surface area contributed by atoms with Crippen LogP contribution in [-0.4, -0.2) is 35.8 Å². The van der Waals surface area contributed by atoms with Crippen LogP contribution in [0.15, 0.2) is 54.6 Å². The molecule has 0 spiro atoms. The Labute approximate surface area is 174 Å². The van der Waals surface area contributed by atoms with Gasteiger partial charge in [0.15, 0.2) is 6.61 Å². The van der Waals surface area contributed by atoms with Crippen LogP contribution in [0.5, 0.6) is 0 Å². The average Bonchev–Trinajstić information content (AvgIpc) is 3.13. The van der Waals surface area contributed by atoms with Gasteiger partial charge in [0.25, 0.3) is 5.91 Å². The molecule has 0 bridgehead atoms. The second kappa shape index (κ2) is 9.56. The normalized spacial score (nSPS) is 17.1. The van der Waals surface area contributed by atoms with Gasteiger partial charge >= 0.3 is 5.97 Å². The summed E-state index contributed by atoms with van der Waals surface area (Å²) in [5, 5.41) is 3.22. The molecule has 1 heterocycles.